The molecular formula is C8H16ClNO4. The lowest BCUT2D eigenvalue weighted by Crippen LogP contribution is -2.60. The van der Waals surface area contributed by atoms with Gasteiger partial charge in [-0.3, -0.25) is 0 Å². The standard InChI is InChI=1S/C8H16ClNO4/c1-3(9)5(10)8-7(13)6(12)4(11)2-14-8/h3-8,11-13H,2,10H2,1H3/t3?,4-,5?,6?,7-,8?/m1/s1. The van der Waals surface area contributed by atoms with Crippen molar-refractivity contribution in [2.75, 3.05) is 6.61 Å². The number of hydrogen-bond donors (Lipinski definition) is 4. The van der Waals surface area contributed by atoms with Crippen LogP contribution < -0.4 is 5.73 Å². The predicted molar refractivity (Wildman–Crippen MR) is 51.1 cm³/mol. The molecule has 5 N–H and O–H groups in total. The summed E-state index contributed by atoms with van der Waals surface area (Å²) in [5, 5.41) is 27.7. The van der Waals surface area contributed by atoms with Gasteiger partial charge in [-0.05, 0) is 6.92 Å². The summed E-state index contributed by atoms with van der Waals surface area (Å²) in [7, 11) is 0. The third-order valence-electron chi connectivity index (χ3n) is 2.45. The topological polar surface area (TPSA) is 95.9 Å². The Morgan fingerprint density at radius 1 is 1.36 bits per heavy atom. The highest BCUT2D eigenvalue weighted by Gasteiger charge is 2.41. The van der Waals surface area contributed by atoms with Crippen molar-refractivity contribution in [1.29, 1.82) is 0 Å². The maximum atomic E-state index is 9.55. The molecule has 1 aliphatic heterocycles. The number of aliphatic hydroxyl groups is 3. The molecule has 4 unspecified atom stereocenters. The van der Waals surface area contributed by atoms with Gasteiger partial charge in [-0.2, -0.15) is 0 Å². The van der Waals surface area contributed by atoms with Gasteiger partial charge >= 0.3 is 0 Å². The molecule has 0 bridgehead atoms. The van der Waals surface area contributed by atoms with Gasteiger partial charge in [-0.15, -0.1) is 11.6 Å². The van der Waals surface area contributed by atoms with Crippen molar-refractivity contribution >= 4 is 11.6 Å². The van der Waals surface area contributed by atoms with E-state index in [2.05, 4.69) is 0 Å². The minimum absolute atomic E-state index is 0.0415. The maximum absolute atomic E-state index is 9.55. The summed E-state index contributed by atoms with van der Waals surface area (Å²) in [6, 6.07) is -0.575. The van der Waals surface area contributed by atoms with E-state index >= 15 is 0 Å². The Bertz CT molecular complexity index is 192. The summed E-state index contributed by atoms with van der Waals surface area (Å²) in [4.78, 5) is 0. The monoisotopic (exact) mass is 225 g/mol. The van der Waals surface area contributed by atoms with Gasteiger partial charge in [-0.1, -0.05) is 0 Å². The number of halogens is 1. The summed E-state index contributed by atoms with van der Waals surface area (Å²) in [6.07, 6.45) is -4.23. The fourth-order valence-corrected chi connectivity index (χ4v) is 1.57. The molecule has 0 radical (unpaired) electrons. The van der Waals surface area contributed by atoms with Crippen molar-refractivity contribution in [3.63, 3.8) is 0 Å². The van der Waals surface area contributed by atoms with E-state index in [0.717, 1.165) is 0 Å². The van der Waals surface area contributed by atoms with Gasteiger partial charge < -0.3 is 25.8 Å². The first kappa shape index (κ1) is 12.2. The lowest BCUT2D eigenvalue weighted by Gasteiger charge is -2.38. The lowest BCUT2D eigenvalue weighted by atomic mass is 9.94. The highest BCUT2D eigenvalue weighted by atomic mass is 35.5. The zero-order chi connectivity index (χ0) is 10.9. The Morgan fingerprint density at radius 2 is 1.93 bits per heavy atom. The second kappa shape index (κ2) is 4.74. The SMILES string of the molecule is CC(Cl)C(N)C1OC[C@@H](O)C(O)[C@H]1O. The molecule has 0 spiro atoms. The molecule has 1 fully saturated rings. The Kier molecular flexibility index (Phi) is 4.12. The average Bonchev–Trinajstić information content (AvgIpc) is 2.13. The van der Waals surface area contributed by atoms with Crippen molar-refractivity contribution < 1.29 is 20.1 Å². The minimum atomic E-state index is -1.23. The molecule has 5 nitrogen and oxygen atoms in total. The van der Waals surface area contributed by atoms with E-state index in [1.807, 2.05) is 0 Å². The molecule has 1 heterocycles. The van der Waals surface area contributed by atoms with Crippen molar-refractivity contribution in [2.45, 2.75) is 42.8 Å². The quantitative estimate of drug-likeness (QED) is 0.426. The smallest absolute Gasteiger partial charge is 0.111 e. The van der Waals surface area contributed by atoms with Crippen LogP contribution in [-0.4, -0.2) is 57.8 Å². The van der Waals surface area contributed by atoms with E-state index in [1.165, 1.54) is 0 Å². The summed E-state index contributed by atoms with van der Waals surface area (Å²) in [6.45, 7) is 1.64. The first-order valence-electron chi connectivity index (χ1n) is 4.50. The summed E-state index contributed by atoms with van der Waals surface area (Å²) >= 11 is 5.75. The fourth-order valence-electron chi connectivity index (χ4n) is 1.43. The zero-order valence-electron chi connectivity index (χ0n) is 7.88. The van der Waals surface area contributed by atoms with E-state index in [1.54, 1.807) is 6.92 Å². The molecule has 84 valence electrons. The molecule has 0 aromatic rings. The number of rotatable bonds is 2. The second-order valence-electron chi connectivity index (χ2n) is 3.60. The van der Waals surface area contributed by atoms with Gasteiger partial charge in [0.1, 0.15) is 24.4 Å². The van der Waals surface area contributed by atoms with E-state index in [0.29, 0.717) is 0 Å². The number of alkyl halides is 1. The largest absolute Gasteiger partial charge is 0.388 e. The number of ether oxygens (including phenoxy) is 1. The van der Waals surface area contributed by atoms with Crippen LogP contribution in [0.25, 0.3) is 0 Å². The third kappa shape index (κ3) is 2.36. The van der Waals surface area contributed by atoms with Gasteiger partial charge in [-0.25, -0.2) is 0 Å². The fraction of sp³-hybridized carbons (Fsp3) is 1.00. The molecule has 1 rings (SSSR count). The van der Waals surface area contributed by atoms with Crippen LogP contribution in [0.3, 0.4) is 0 Å². The molecule has 0 aliphatic carbocycles. The summed E-state index contributed by atoms with van der Waals surface area (Å²) < 4.78 is 5.13. The first-order valence-corrected chi connectivity index (χ1v) is 4.94. The molecule has 0 aromatic carbocycles. The van der Waals surface area contributed by atoms with Crippen LogP contribution in [0.5, 0.6) is 0 Å². The second-order valence-corrected chi connectivity index (χ2v) is 4.29. The van der Waals surface area contributed by atoms with E-state index in [-0.39, 0.29) is 12.0 Å². The predicted octanol–water partition coefficient (Wildman–Crippen LogP) is -1.58. The molecule has 1 aliphatic rings. The van der Waals surface area contributed by atoms with E-state index < -0.39 is 30.5 Å². The van der Waals surface area contributed by atoms with Gasteiger partial charge in [0.15, 0.2) is 0 Å². The maximum Gasteiger partial charge on any atom is 0.111 e. The molecule has 0 amide bonds. The third-order valence-corrected chi connectivity index (χ3v) is 2.74. The molecule has 6 atom stereocenters. The lowest BCUT2D eigenvalue weighted by molar-refractivity contribution is -0.191. The summed E-state index contributed by atoms with van der Waals surface area (Å²) in [5.74, 6) is 0. The summed E-state index contributed by atoms with van der Waals surface area (Å²) in [5.41, 5.74) is 5.68. The Hall–Kier alpha value is 0.0900. The van der Waals surface area contributed by atoms with Crippen LogP contribution in [0.4, 0.5) is 0 Å². The number of nitrogens with two attached hydrogens (primary N) is 1. The molecule has 6 heteroatoms. The van der Waals surface area contributed by atoms with Crippen LogP contribution in [-0.2, 0) is 4.74 Å². The first-order chi connectivity index (χ1) is 6.45. The van der Waals surface area contributed by atoms with Gasteiger partial charge in [0.2, 0.25) is 0 Å². The zero-order valence-corrected chi connectivity index (χ0v) is 8.63. The van der Waals surface area contributed by atoms with Gasteiger partial charge in [0.05, 0.1) is 6.61 Å². The van der Waals surface area contributed by atoms with Crippen LogP contribution in [0, 0.1) is 0 Å². The van der Waals surface area contributed by atoms with Crippen LogP contribution >= 0.6 is 11.6 Å². The highest BCUT2D eigenvalue weighted by Crippen LogP contribution is 2.20. The van der Waals surface area contributed by atoms with Gasteiger partial charge in [0, 0.05) is 11.4 Å². The van der Waals surface area contributed by atoms with Crippen molar-refractivity contribution in [2.24, 2.45) is 5.73 Å². The highest BCUT2D eigenvalue weighted by molar-refractivity contribution is 6.20. The number of aliphatic hydroxyl groups excluding tert-OH is 3. The Labute approximate surface area is 87.4 Å². The van der Waals surface area contributed by atoms with Crippen LogP contribution in [0.1, 0.15) is 6.92 Å². The van der Waals surface area contributed by atoms with Crippen LogP contribution in [0.15, 0.2) is 0 Å². The normalized spacial score (nSPS) is 43.3. The van der Waals surface area contributed by atoms with Crippen LogP contribution in [0.2, 0.25) is 0 Å². The molecule has 0 saturated carbocycles. The Morgan fingerprint density at radius 3 is 2.43 bits per heavy atom. The van der Waals surface area contributed by atoms with Crippen molar-refractivity contribution in [3.05, 3.63) is 0 Å². The van der Waals surface area contributed by atoms with E-state index in [9.17, 15) is 15.3 Å². The Balaban J connectivity index is 2.63. The van der Waals surface area contributed by atoms with Crippen molar-refractivity contribution in [3.8, 4) is 0 Å². The number of hydrogen-bond acceptors (Lipinski definition) is 5. The molecule has 1 saturated heterocycles. The van der Waals surface area contributed by atoms with E-state index in [4.69, 9.17) is 22.1 Å². The molecule has 0 aromatic heterocycles. The minimum Gasteiger partial charge on any atom is -0.388 e. The molecule has 14 heavy (non-hydrogen) atoms. The molecular weight excluding hydrogens is 210 g/mol. The van der Waals surface area contributed by atoms with Crippen molar-refractivity contribution in [1.82, 2.24) is 0 Å². The average molecular weight is 226 g/mol. The van der Waals surface area contributed by atoms with Gasteiger partial charge in [0.25, 0.3) is 0 Å².